The molecule has 0 aliphatic carbocycles. The van der Waals surface area contributed by atoms with Gasteiger partial charge in [0.1, 0.15) is 17.0 Å². The summed E-state index contributed by atoms with van der Waals surface area (Å²) in [7, 11) is 0. The second kappa shape index (κ2) is 13.3. The lowest BCUT2D eigenvalue weighted by atomic mass is 9.77. The van der Waals surface area contributed by atoms with Crippen molar-refractivity contribution in [1.82, 2.24) is 9.55 Å². The zero-order valence-electron chi connectivity index (χ0n) is 24.6. The molecule has 0 amide bonds. The van der Waals surface area contributed by atoms with Crippen molar-refractivity contribution in [3.05, 3.63) is 181 Å². The Hall–Kier alpha value is -5.09. The Bertz CT molecular complexity index is 1590. The SMILES string of the molecule is CCCCN(Cc1cn(C(c2ccccc2)(c2ccccc2)c2ccccc2)cn1)c1ccc(Oc2ccccc2)cc1. The van der Waals surface area contributed by atoms with Gasteiger partial charge in [0.2, 0.25) is 0 Å². The fourth-order valence-electron chi connectivity index (χ4n) is 5.81. The molecule has 0 N–H and O–H groups in total. The van der Waals surface area contributed by atoms with E-state index in [1.807, 2.05) is 48.8 Å². The number of unbranched alkanes of at least 4 members (excludes halogenated alkanes) is 1. The predicted molar refractivity (Wildman–Crippen MR) is 176 cm³/mol. The summed E-state index contributed by atoms with van der Waals surface area (Å²) in [6, 6.07) is 50.5. The smallest absolute Gasteiger partial charge is 0.127 e. The van der Waals surface area contributed by atoms with Gasteiger partial charge in [0, 0.05) is 18.4 Å². The van der Waals surface area contributed by atoms with E-state index in [1.165, 1.54) is 16.7 Å². The van der Waals surface area contributed by atoms with E-state index in [9.17, 15) is 0 Å². The highest BCUT2D eigenvalue weighted by molar-refractivity contribution is 5.52. The molecule has 6 aromatic rings. The molecule has 0 spiro atoms. The van der Waals surface area contributed by atoms with Crippen molar-refractivity contribution in [1.29, 1.82) is 0 Å². The third kappa shape index (κ3) is 6.09. The van der Waals surface area contributed by atoms with Crippen LogP contribution < -0.4 is 9.64 Å². The molecule has 4 heteroatoms. The van der Waals surface area contributed by atoms with Crippen molar-refractivity contribution in [2.75, 3.05) is 11.4 Å². The third-order valence-electron chi connectivity index (χ3n) is 7.91. The predicted octanol–water partition coefficient (Wildman–Crippen LogP) is 9.32. The summed E-state index contributed by atoms with van der Waals surface area (Å²) in [5, 5.41) is 0. The molecule has 0 aliphatic heterocycles. The molecule has 4 nitrogen and oxygen atoms in total. The Balaban J connectivity index is 1.36. The van der Waals surface area contributed by atoms with Gasteiger partial charge in [-0.15, -0.1) is 0 Å². The van der Waals surface area contributed by atoms with Crippen molar-refractivity contribution >= 4 is 5.69 Å². The highest BCUT2D eigenvalue weighted by atomic mass is 16.5. The molecule has 214 valence electrons. The second-order valence-electron chi connectivity index (χ2n) is 10.8. The number of aromatic nitrogens is 2. The van der Waals surface area contributed by atoms with Gasteiger partial charge in [0.25, 0.3) is 0 Å². The summed E-state index contributed by atoms with van der Waals surface area (Å²) in [5.41, 5.74) is 5.17. The van der Waals surface area contributed by atoms with E-state index in [-0.39, 0.29) is 0 Å². The second-order valence-corrected chi connectivity index (χ2v) is 10.8. The molecule has 0 saturated carbocycles. The molecule has 0 atom stereocenters. The molecule has 0 fully saturated rings. The van der Waals surface area contributed by atoms with Gasteiger partial charge in [-0.1, -0.05) is 123 Å². The Labute approximate surface area is 254 Å². The summed E-state index contributed by atoms with van der Waals surface area (Å²) in [6.07, 6.45) is 6.44. The molecule has 0 bridgehead atoms. The van der Waals surface area contributed by atoms with Crippen LogP contribution in [0.1, 0.15) is 42.1 Å². The summed E-state index contributed by atoms with van der Waals surface area (Å²) < 4.78 is 8.33. The monoisotopic (exact) mass is 563 g/mol. The van der Waals surface area contributed by atoms with Gasteiger partial charge >= 0.3 is 0 Å². The minimum Gasteiger partial charge on any atom is -0.457 e. The van der Waals surface area contributed by atoms with Gasteiger partial charge in [0.05, 0.1) is 18.6 Å². The van der Waals surface area contributed by atoms with Crippen molar-refractivity contribution in [2.45, 2.75) is 31.8 Å². The van der Waals surface area contributed by atoms with Crippen LogP contribution in [-0.4, -0.2) is 16.1 Å². The Morgan fingerprint density at radius 1 is 0.628 bits per heavy atom. The quantitative estimate of drug-likeness (QED) is 0.139. The molecule has 0 aliphatic rings. The van der Waals surface area contributed by atoms with E-state index in [0.29, 0.717) is 6.54 Å². The zero-order chi connectivity index (χ0) is 29.3. The maximum absolute atomic E-state index is 6.05. The number of hydrogen-bond donors (Lipinski definition) is 0. The first-order valence-electron chi connectivity index (χ1n) is 15.0. The van der Waals surface area contributed by atoms with Crippen LogP contribution in [0, 0.1) is 0 Å². The number of imidazole rings is 1. The van der Waals surface area contributed by atoms with Crippen LogP contribution in [0.25, 0.3) is 0 Å². The first-order valence-corrected chi connectivity index (χ1v) is 15.0. The zero-order valence-corrected chi connectivity index (χ0v) is 24.6. The van der Waals surface area contributed by atoms with Gasteiger partial charge < -0.3 is 14.2 Å². The van der Waals surface area contributed by atoms with Crippen LogP contribution in [-0.2, 0) is 12.1 Å². The van der Waals surface area contributed by atoms with E-state index in [2.05, 4.69) is 126 Å². The third-order valence-corrected chi connectivity index (χ3v) is 7.91. The molecular weight excluding hydrogens is 526 g/mol. The number of benzene rings is 5. The number of nitrogens with zero attached hydrogens (tertiary/aromatic N) is 3. The number of rotatable bonds is 12. The minimum absolute atomic E-state index is 0.570. The standard InChI is InChI=1S/C39H37N3O/c1-2-3-28-41(36-24-26-38(27-25-36)43-37-22-14-7-15-23-37)29-35-30-42(31-40-35)39(32-16-8-4-9-17-32,33-18-10-5-11-19-33)34-20-12-6-13-21-34/h4-27,30-31H,2-3,28-29H2,1H3. The average Bonchev–Trinajstić information content (AvgIpc) is 3.54. The van der Waals surface area contributed by atoms with E-state index in [4.69, 9.17) is 9.72 Å². The normalized spacial score (nSPS) is 11.3. The topological polar surface area (TPSA) is 30.3 Å². The molecule has 0 radical (unpaired) electrons. The largest absolute Gasteiger partial charge is 0.457 e. The van der Waals surface area contributed by atoms with Gasteiger partial charge in [-0.3, -0.25) is 0 Å². The molecule has 6 rings (SSSR count). The first-order chi connectivity index (χ1) is 21.3. The lowest BCUT2D eigenvalue weighted by Crippen LogP contribution is -2.37. The molecular formula is C39H37N3O. The van der Waals surface area contributed by atoms with Crippen molar-refractivity contribution in [3.63, 3.8) is 0 Å². The summed E-state index contributed by atoms with van der Waals surface area (Å²) >= 11 is 0. The maximum atomic E-state index is 6.05. The number of hydrogen-bond acceptors (Lipinski definition) is 3. The van der Waals surface area contributed by atoms with Gasteiger partial charge in [-0.2, -0.15) is 0 Å². The van der Waals surface area contributed by atoms with Gasteiger partial charge in [0.15, 0.2) is 0 Å². The highest BCUT2D eigenvalue weighted by Gasteiger charge is 2.38. The van der Waals surface area contributed by atoms with E-state index in [1.54, 1.807) is 0 Å². The molecule has 1 heterocycles. The number of anilines is 1. The lowest BCUT2D eigenvalue weighted by molar-refractivity contribution is 0.482. The van der Waals surface area contributed by atoms with Crippen LogP contribution in [0.15, 0.2) is 158 Å². The molecule has 0 saturated heterocycles. The maximum Gasteiger partial charge on any atom is 0.127 e. The fraction of sp³-hybridized carbons (Fsp3) is 0.154. The Morgan fingerprint density at radius 2 is 1.12 bits per heavy atom. The van der Waals surface area contributed by atoms with Crippen LogP contribution >= 0.6 is 0 Å². The highest BCUT2D eigenvalue weighted by Crippen LogP contribution is 2.41. The number of para-hydroxylation sites is 1. The van der Waals surface area contributed by atoms with Crippen LogP contribution in [0.3, 0.4) is 0 Å². The lowest BCUT2D eigenvalue weighted by Gasteiger charge is -2.37. The molecule has 43 heavy (non-hydrogen) atoms. The summed E-state index contributed by atoms with van der Waals surface area (Å²) in [4.78, 5) is 7.42. The Morgan fingerprint density at radius 3 is 1.63 bits per heavy atom. The van der Waals surface area contributed by atoms with Crippen molar-refractivity contribution in [2.24, 2.45) is 0 Å². The van der Waals surface area contributed by atoms with Gasteiger partial charge in [-0.05, 0) is 59.5 Å². The van der Waals surface area contributed by atoms with E-state index < -0.39 is 5.54 Å². The van der Waals surface area contributed by atoms with Crippen molar-refractivity contribution < 1.29 is 4.74 Å². The van der Waals surface area contributed by atoms with Crippen LogP contribution in [0.5, 0.6) is 11.5 Å². The fourth-order valence-corrected chi connectivity index (χ4v) is 5.81. The van der Waals surface area contributed by atoms with Gasteiger partial charge in [-0.25, -0.2) is 4.98 Å². The molecule has 1 aromatic heterocycles. The molecule has 0 unspecified atom stereocenters. The van der Waals surface area contributed by atoms with E-state index >= 15 is 0 Å². The average molecular weight is 564 g/mol. The summed E-state index contributed by atoms with van der Waals surface area (Å²) in [5.74, 6) is 1.66. The first kappa shape index (κ1) is 28.0. The van der Waals surface area contributed by atoms with Crippen molar-refractivity contribution in [3.8, 4) is 11.5 Å². The minimum atomic E-state index is -0.570. The van der Waals surface area contributed by atoms with Crippen LogP contribution in [0.4, 0.5) is 5.69 Å². The number of ether oxygens (including phenoxy) is 1. The Kier molecular flexibility index (Phi) is 8.65. The summed E-state index contributed by atoms with van der Waals surface area (Å²) in [6.45, 7) is 3.89. The molecule has 5 aromatic carbocycles. The van der Waals surface area contributed by atoms with E-state index in [0.717, 1.165) is 42.3 Å². The van der Waals surface area contributed by atoms with Crippen LogP contribution in [0.2, 0.25) is 0 Å².